The predicted octanol–water partition coefficient (Wildman–Crippen LogP) is 2.83. The summed E-state index contributed by atoms with van der Waals surface area (Å²) in [5.74, 6) is 1.89. The molecular formula is C19H26N4O2S. The van der Waals surface area contributed by atoms with E-state index in [4.69, 9.17) is 9.72 Å². The molecule has 1 fully saturated rings. The Bertz CT molecular complexity index is 761. The predicted molar refractivity (Wildman–Crippen MR) is 104 cm³/mol. The minimum Gasteiger partial charge on any atom is -0.497 e. The molecule has 0 aliphatic carbocycles. The molecule has 3 rings (SSSR count). The van der Waals surface area contributed by atoms with Gasteiger partial charge in [0.1, 0.15) is 11.6 Å². The second-order valence-electron chi connectivity index (χ2n) is 7.55. The summed E-state index contributed by atoms with van der Waals surface area (Å²) in [6.07, 6.45) is 0.691. The molecule has 0 radical (unpaired) electrons. The fraction of sp³-hybridized carbons (Fsp3) is 0.526. The van der Waals surface area contributed by atoms with E-state index in [9.17, 15) is 4.79 Å². The quantitative estimate of drug-likeness (QED) is 0.824. The average molecular weight is 375 g/mol. The number of anilines is 1. The Hall–Kier alpha value is -2.15. The molecule has 0 N–H and O–H groups in total. The van der Waals surface area contributed by atoms with Gasteiger partial charge in [0, 0.05) is 49.5 Å². The lowest BCUT2D eigenvalue weighted by Crippen LogP contribution is -2.51. The van der Waals surface area contributed by atoms with E-state index in [-0.39, 0.29) is 11.3 Å². The molecule has 1 amide bonds. The van der Waals surface area contributed by atoms with Crippen molar-refractivity contribution in [3.05, 3.63) is 35.7 Å². The van der Waals surface area contributed by atoms with Crippen molar-refractivity contribution in [2.24, 2.45) is 5.41 Å². The van der Waals surface area contributed by atoms with Crippen molar-refractivity contribution in [2.75, 3.05) is 38.2 Å². The van der Waals surface area contributed by atoms with Crippen LogP contribution in [0.4, 0.5) is 5.13 Å². The van der Waals surface area contributed by atoms with Crippen LogP contribution in [0, 0.1) is 5.41 Å². The maximum atomic E-state index is 12.4. The third kappa shape index (κ3) is 4.33. The van der Waals surface area contributed by atoms with Crippen molar-refractivity contribution in [1.82, 2.24) is 14.3 Å². The molecule has 7 heteroatoms. The highest BCUT2D eigenvalue weighted by Gasteiger charge is 2.30. The van der Waals surface area contributed by atoms with Gasteiger partial charge in [0.15, 0.2) is 0 Å². The van der Waals surface area contributed by atoms with Crippen LogP contribution in [-0.2, 0) is 11.2 Å². The monoisotopic (exact) mass is 374 g/mol. The molecule has 2 heterocycles. The van der Waals surface area contributed by atoms with Crippen molar-refractivity contribution < 1.29 is 9.53 Å². The van der Waals surface area contributed by atoms with E-state index in [2.05, 4.69) is 15.3 Å². The molecule has 1 aliphatic rings. The van der Waals surface area contributed by atoms with Crippen LogP contribution in [0.1, 0.15) is 32.2 Å². The molecule has 1 aromatic heterocycles. The lowest BCUT2D eigenvalue weighted by Gasteiger charge is -2.37. The number of piperazine rings is 1. The van der Waals surface area contributed by atoms with Crippen LogP contribution in [0.15, 0.2) is 24.3 Å². The summed E-state index contributed by atoms with van der Waals surface area (Å²) in [4.78, 5) is 21.3. The zero-order valence-corrected chi connectivity index (χ0v) is 16.7. The van der Waals surface area contributed by atoms with Gasteiger partial charge in [0.05, 0.1) is 7.11 Å². The maximum Gasteiger partial charge on any atom is 0.228 e. The summed E-state index contributed by atoms with van der Waals surface area (Å²) in [6.45, 7) is 8.99. The third-order valence-corrected chi connectivity index (χ3v) is 5.25. The fourth-order valence-electron chi connectivity index (χ4n) is 2.99. The molecular weight excluding hydrogens is 348 g/mol. The molecule has 26 heavy (non-hydrogen) atoms. The van der Waals surface area contributed by atoms with E-state index in [0.717, 1.165) is 48.4 Å². The van der Waals surface area contributed by atoms with Crippen LogP contribution in [-0.4, -0.2) is 53.5 Å². The zero-order valence-electron chi connectivity index (χ0n) is 15.9. The summed E-state index contributed by atoms with van der Waals surface area (Å²) < 4.78 is 9.77. The molecule has 0 spiro atoms. The molecule has 1 aromatic carbocycles. The van der Waals surface area contributed by atoms with Gasteiger partial charge in [-0.15, -0.1) is 0 Å². The Kier molecular flexibility index (Phi) is 5.46. The third-order valence-electron chi connectivity index (χ3n) is 4.43. The van der Waals surface area contributed by atoms with E-state index in [0.29, 0.717) is 6.42 Å². The summed E-state index contributed by atoms with van der Waals surface area (Å²) in [5.41, 5.74) is 0.809. The number of benzene rings is 1. The molecule has 2 aromatic rings. The van der Waals surface area contributed by atoms with E-state index in [1.807, 2.05) is 43.9 Å². The highest BCUT2D eigenvalue weighted by Crippen LogP contribution is 2.23. The molecule has 6 nitrogen and oxygen atoms in total. The lowest BCUT2D eigenvalue weighted by atomic mass is 9.94. The number of aromatic nitrogens is 2. The molecule has 1 aliphatic heterocycles. The number of amides is 1. The van der Waals surface area contributed by atoms with Crippen molar-refractivity contribution in [3.8, 4) is 5.75 Å². The minimum absolute atomic E-state index is 0.216. The van der Waals surface area contributed by atoms with Gasteiger partial charge in [0.25, 0.3) is 0 Å². The summed E-state index contributed by atoms with van der Waals surface area (Å²) in [7, 11) is 1.67. The van der Waals surface area contributed by atoms with Gasteiger partial charge in [-0.3, -0.25) is 4.79 Å². The molecule has 1 saturated heterocycles. The van der Waals surface area contributed by atoms with Crippen LogP contribution < -0.4 is 9.64 Å². The first kappa shape index (κ1) is 18.6. The number of rotatable bonds is 4. The van der Waals surface area contributed by atoms with Crippen LogP contribution in [0.5, 0.6) is 5.75 Å². The number of methoxy groups -OCH3 is 1. The highest BCUT2D eigenvalue weighted by molar-refractivity contribution is 7.09. The number of ether oxygens (including phenoxy) is 1. The molecule has 0 saturated carbocycles. The van der Waals surface area contributed by atoms with Crippen molar-refractivity contribution >= 4 is 22.6 Å². The largest absolute Gasteiger partial charge is 0.497 e. The van der Waals surface area contributed by atoms with Gasteiger partial charge >= 0.3 is 0 Å². The topological polar surface area (TPSA) is 58.6 Å². The van der Waals surface area contributed by atoms with E-state index in [1.54, 1.807) is 7.11 Å². The average Bonchev–Trinajstić information content (AvgIpc) is 3.09. The van der Waals surface area contributed by atoms with Crippen LogP contribution >= 0.6 is 11.5 Å². The van der Waals surface area contributed by atoms with Gasteiger partial charge < -0.3 is 14.5 Å². The summed E-state index contributed by atoms with van der Waals surface area (Å²) in [6, 6.07) is 7.98. The van der Waals surface area contributed by atoms with Gasteiger partial charge in [-0.2, -0.15) is 4.37 Å². The maximum absolute atomic E-state index is 12.4. The Labute approximate surface area is 159 Å². The van der Waals surface area contributed by atoms with Gasteiger partial charge in [-0.05, 0) is 17.7 Å². The standard InChI is InChI=1S/C19H26N4O2S/c1-19(2,3)17(24)22-8-10-23(11-9-22)18-20-16(21-26-18)13-14-6-5-7-15(12-14)25-4/h5-7,12H,8-11,13H2,1-4H3. The Balaban J connectivity index is 1.59. The first-order valence-corrected chi connectivity index (χ1v) is 9.64. The second-order valence-corrected chi connectivity index (χ2v) is 8.28. The van der Waals surface area contributed by atoms with E-state index >= 15 is 0 Å². The van der Waals surface area contributed by atoms with Gasteiger partial charge in [-0.1, -0.05) is 32.9 Å². The number of hydrogen-bond donors (Lipinski definition) is 0. The van der Waals surface area contributed by atoms with E-state index in [1.165, 1.54) is 11.5 Å². The first-order valence-electron chi connectivity index (χ1n) is 8.86. The summed E-state index contributed by atoms with van der Waals surface area (Å²) >= 11 is 1.43. The first-order chi connectivity index (χ1) is 12.4. The minimum atomic E-state index is -0.325. The number of carbonyl (C=O) groups is 1. The molecule has 0 atom stereocenters. The SMILES string of the molecule is COc1cccc(Cc2nsc(N3CCN(C(=O)C(C)(C)C)CC3)n2)c1. The lowest BCUT2D eigenvalue weighted by molar-refractivity contribution is -0.139. The van der Waals surface area contributed by atoms with Gasteiger partial charge in [0.2, 0.25) is 11.0 Å². The Morgan fingerprint density at radius 1 is 1.23 bits per heavy atom. The molecule has 140 valence electrons. The van der Waals surface area contributed by atoms with Crippen molar-refractivity contribution in [3.63, 3.8) is 0 Å². The Morgan fingerprint density at radius 2 is 1.96 bits per heavy atom. The summed E-state index contributed by atoms with van der Waals surface area (Å²) in [5, 5.41) is 0.936. The second kappa shape index (κ2) is 7.61. The van der Waals surface area contributed by atoms with E-state index < -0.39 is 0 Å². The number of carbonyl (C=O) groups excluding carboxylic acids is 1. The fourth-order valence-corrected chi connectivity index (χ4v) is 3.72. The highest BCUT2D eigenvalue weighted by atomic mass is 32.1. The van der Waals surface area contributed by atoms with Crippen LogP contribution in [0.25, 0.3) is 0 Å². The number of hydrogen-bond acceptors (Lipinski definition) is 6. The normalized spacial score (nSPS) is 15.2. The van der Waals surface area contributed by atoms with Gasteiger partial charge in [-0.25, -0.2) is 4.98 Å². The Morgan fingerprint density at radius 3 is 2.62 bits per heavy atom. The van der Waals surface area contributed by atoms with Crippen LogP contribution in [0.2, 0.25) is 0 Å². The molecule has 0 unspecified atom stereocenters. The zero-order chi connectivity index (χ0) is 18.7. The van der Waals surface area contributed by atoms with Crippen LogP contribution in [0.3, 0.4) is 0 Å². The number of nitrogens with zero attached hydrogens (tertiary/aromatic N) is 4. The molecule has 0 bridgehead atoms. The van der Waals surface area contributed by atoms with Crippen molar-refractivity contribution in [2.45, 2.75) is 27.2 Å². The smallest absolute Gasteiger partial charge is 0.228 e. The van der Waals surface area contributed by atoms with Crippen molar-refractivity contribution in [1.29, 1.82) is 0 Å².